The van der Waals surface area contributed by atoms with E-state index in [-0.39, 0.29) is 18.3 Å². The highest BCUT2D eigenvalue weighted by molar-refractivity contribution is 5.41. The summed E-state index contributed by atoms with van der Waals surface area (Å²) in [4.78, 5) is 4.14. The number of anilines is 1. The van der Waals surface area contributed by atoms with Gasteiger partial charge in [-0.3, -0.25) is 9.98 Å². The van der Waals surface area contributed by atoms with Gasteiger partial charge in [0, 0.05) is 18.3 Å². The predicted octanol–water partition coefficient (Wildman–Crippen LogP) is -0.289. The quantitative estimate of drug-likeness (QED) is 0.605. The molecule has 0 aromatic carbocycles. The lowest BCUT2D eigenvalue weighted by Crippen LogP contribution is -2.25. The molecule has 2 heterocycles. The van der Waals surface area contributed by atoms with Gasteiger partial charge in [0.15, 0.2) is 0 Å². The molecule has 0 saturated carbocycles. The van der Waals surface area contributed by atoms with Crippen LogP contribution in [0.1, 0.15) is 12.6 Å². The van der Waals surface area contributed by atoms with Gasteiger partial charge >= 0.3 is 0 Å². The molecule has 1 atom stereocenters. The second-order valence-corrected chi connectivity index (χ2v) is 3.44. The van der Waals surface area contributed by atoms with E-state index in [4.69, 9.17) is 10.5 Å². The van der Waals surface area contributed by atoms with Gasteiger partial charge in [-0.1, -0.05) is 6.92 Å². The second-order valence-electron chi connectivity index (χ2n) is 3.44. The number of aliphatic hydroxyl groups excluding tert-OH is 1. The van der Waals surface area contributed by atoms with Crippen molar-refractivity contribution in [2.75, 3.05) is 11.9 Å². The number of hydrogen-bond acceptors (Lipinski definition) is 4. The van der Waals surface area contributed by atoms with E-state index in [1.165, 1.54) is 0 Å². The van der Waals surface area contributed by atoms with Gasteiger partial charge in [-0.25, -0.2) is 4.98 Å². The third-order valence-corrected chi connectivity index (χ3v) is 2.44. The zero-order chi connectivity index (χ0) is 10.1. The third kappa shape index (κ3) is 1.39. The van der Waals surface area contributed by atoms with Gasteiger partial charge in [0.2, 0.25) is 5.62 Å². The number of aliphatic hydroxyl groups is 1. The maximum absolute atomic E-state index is 9.00. The summed E-state index contributed by atoms with van der Waals surface area (Å²) in [5.74, 6) is 0.890. The highest BCUT2D eigenvalue weighted by atomic mass is 16.3. The largest absolute Gasteiger partial charge is 0.394 e. The number of hydrogen-bond donors (Lipinski definition) is 3. The molecule has 0 amide bonds. The minimum Gasteiger partial charge on any atom is -0.394 e. The Labute approximate surface area is 81.9 Å². The highest BCUT2D eigenvalue weighted by Crippen LogP contribution is 2.15. The SMILES string of the molecule is CCc1cc2n(c(=N)n1)CC(CO)N2. The zero-order valence-corrected chi connectivity index (χ0v) is 8.12. The van der Waals surface area contributed by atoms with E-state index in [1.54, 1.807) is 4.57 Å². The van der Waals surface area contributed by atoms with E-state index >= 15 is 0 Å². The predicted molar refractivity (Wildman–Crippen MR) is 52.0 cm³/mol. The van der Waals surface area contributed by atoms with Crippen molar-refractivity contribution in [3.05, 3.63) is 17.4 Å². The fourth-order valence-corrected chi connectivity index (χ4v) is 1.64. The molecular weight excluding hydrogens is 180 g/mol. The molecule has 1 aliphatic heterocycles. The van der Waals surface area contributed by atoms with Crippen molar-refractivity contribution >= 4 is 5.82 Å². The maximum Gasteiger partial charge on any atom is 0.223 e. The van der Waals surface area contributed by atoms with Crippen LogP contribution in [0.2, 0.25) is 0 Å². The first-order valence-corrected chi connectivity index (χ1v) is 4.77. The third-order valence-electron chi connectivity index (χ3n) is 2.44. The summed E-state index contributed by atoms with van der Waals surface area (Å²) < 4.78 is 1.78. The second kappa shape index (κ2) is 3.42. The van der Waals surface area contributed by atoms with E-state index in [0.717, 1.165) is 17.9 Å². The van der Waals surface area contributed by atoms with Gasteiger partial charge in [0.1, 0.15) is 5.82 Å². The highest BCUT2D eigenvalue weighted by Gasteiger charge is 2.19. The summed E-state index contributed by atoms with van der Waals surface area (Å²) >= 11 is 0. The van der Waals surface area contributed by atoms with Crippen LogP contribution in [0, 0.1) is 5.41 Å². The van der Waals surface area contributed by atoms with Crippen molar-refractivity contribution in [1.29, 1.82) is 5.41 Å². The molecule has 1 aromatic heterocycles. The van der Waals surface area contributed by atoms with Crippen molar-refractivity contribution in [3.63, 3.8) is 0 Å². The van der Waals surface area contributed by atoms with Gasteiger partial charge in [-0.15, -0.1) is 0 Å². The first kappa shape index (κ1) is 9.21. The van der Waals surface area contributed by atoms with E-state index in [2.05, 4.69) is 10.3 Å². The molecule has 1 unspecified atom stereocenters. The summed E-state index contributed by atoms with van der Waals surface area (Å²) in [5, 5.41) is 19.8. The molecule has 0 bridgehead atoms. The van der Waals surface area contributed by atoms with Crippen LogP contribution >= 0.6 is 0 Å². The molecule has 3 N–H and O–H groups in total. The van der Waals surface area contributed by atoms with E-state index in [9.17, 15) is 0 Å². The summed E-state index contributed by atoms with van der Waals surface area (Å²) in [6, 6.07) is 1.96. The minimum atomic E-state index is 0.0213. The Bertz CT molecular complexity index is 398. The van der Waals surface area contributed by atoms with E-state index in [1.807, 2.05) is 13.0 Å². The molecule has 14 heavy (non-hydrogen) atoms. The van der Waals surface area contributed by atoms with Gasteiger partial charge in [-0.05, 0) is 6.42 Å². The topological polar surface area (TPSA) is 73.9 Å². The van der Waals surface area contributed by atoms with Gasteiger partial charge < -0.3 is 10.4 Å². The van der Waals surface area contributed by atoms with Crippen LogP contribution in [0.25, 0.3) is 0 Å². The molecular formula is C9H14N4O. The fourth-order valence-electron chi connectivity index (χ4n) is 1.64. The smallest absolute Gasteiger partial charge is 0.223 e. The molecule has 0 radical (unpaired) electrons. The Morgan fingerprint density at radius 3 is 3.21 bits per heavy atom. The van der Waals surface area contributed by atoms with Crippen LogP contribution in [0.5, 0.6) is 0 Å². The molecule has 5 heteroatoms. The van der Waals surface area contributed by atoms with Crippen LogP contribution in [-0.4, -0.2) is 27.3 Å². The number of aryl methyl sites for hydroxylation is 1. The molecule has 0 aliphatic carbocycles. The normalized spacial score (nSPS) is 19.1. The average Bonchev–Trinajstić information content (AvgIpc) is 2.61. The number of nitrogens with zero attached hydrogens (tertiary/aromatic N) is 2. The molecule has 0 saturated heterocycles. The molecule has 0 spiro atoms. The number of fused-ring (bicyclic) bond motifs is 1. The molecule has 2 rings (SSSR count). The number of rotatable bonds is 2. The van der Waals surface area contributed by atoms with Crippen molar-refractivity contribution in [2.45, 2.75) is 25.9 Å². The Morgan fingerprint density at radius 1 is 1.79 bits per heavy atom. The Hall–Kier alpha value is -1.36. The van der Waals surface area contributed by atoms with Crippen LogP contribution in [0.4, 0.5) is 5.82 Å². The Kier molecular flexibility index (Phi) is 2.25. The minimum absolute atomic E-state index is 0.0213. The van der Waals surface area contributed by atoms with E-state index < -0.39 is 0 Å². The molecule has 5 nitrogen and oxygen atoms in total. The summed E-state index contributed by atoms with van der Waals surface area (Å²) in [6.45, 7) is 2.72. The summed E-state index contributed by atoms with van der Waals surface area (Å²) in [5.41, 5.74) is 1.18. The number of nitrogens with one attached hydrogen (secondary N) is 2. The van der Waals surface area contributed by atoms with Gasteiger partial charge in [0.05, 0.1) is 12.6 Å². The lowest BCUT2D eigenvalue weighted by molar-refractivity contribution is 0.270. The molecule has 0 fully saturated rings. The fraction of sp³-hybridized carbons (Fsp3) is 0.556. The molecule has 1 aromatic rings. The maximum atomic E-state index is 9.00. The van der Waals surface area contributed by atoms with Crippen LogP contribution in [0.15, 0.2) is 6.07 Å². The van der Waals surface area contributed by atoms with Crippen LogP contribution < -0.4 is 10.9 Å². The number of aromatic nitrogens is 2. The van der Waals surface area contributed by atoms with E-state index in [0.29, 0.717) is 6.54 Å². The Balaban J connectivity index is 2.42. The molecule has 76 valence electrons. The lowest BCUT2D eigenvalue weighted by Gasteiger charge is -2.04. The summed E-state index contributed by atoms with van der Waals surface area (Å²) in [7, 11) is 0. The summed E-state index contributed by atoms with van der Waals surface area (Å²) in [6.07, 6.45) is 0.825. The van der Waals surface area contributed by atoms with Crippen LogP contribution in [-0.2, 0) is 13.0 Å². The zero-order valence-electron chi connectivity index (χ0n) is 8.12. The van der Waals surface area contributed by atoms with Gasteiger partial charge in [-0.2, -0.15) is 0 Å². The monoisotopic (exact) mass is 194 g/mol. The van der Waals surface area contributed by atoms with Gasteiger partial charge in [0.25, 0.3) is 0 Å². The van der Waals surface area contributed by atoms with Crippen LogP contribution in [0.3, 0.4) is 0 Å². The lowest BCUT2D eigenvalue weighted by atomic mass is 10.3. The first-order chi connectivity index (χ1) is 6.74. The van der Waals surface area contributed by atoms with Crippen molar-refractivity contribution < 1.29 is 5.11 Å². The standard InChI is InChI=1S/C9H14N4O/c1-2-6-3-8-11-7(5-14)4-13(8)9(10)12-6/h3,7,10-11,14H,2,4-5H2,1H3. The van der Waals surface area contributed by atoms with Crippen molar-refractivity contribution in [3.8, 4) is 0 Å². The Morgan fingerprint density at radius 2 is 2.57 bits per heavy atom. The average molecular weight is 194 g/mol. The first-order valence-electron chi connectivity index (χ1n) is 4.77. The molecule has 1 aliphatic rings. The van der Waals surface area contributed by atoms with Crippen molar-refractivity contribution in [2.24, 2.45) is 0 Å². The van der Waals surface area contributed by atoms with Crippen molar-refractivity contribution in [1.82, 2.24) is 9.55 Å².